The van der Waals surface area contributed by atoms with Crippen molar-refractivity contribution in [2.75, 3.05) is 26.7 Å². The van der Waals surface area contributed by atoms with Gasteiger partial charge >= 0.3 is 0 Å². The lowest BCUT2D eigenvalue weighted by Gasteiger charge is -2.17. The highest BCUT2D eigenvalue weighted by molar-refractivity contribution is 5.55. The zero-order valence-electron chi connectivity index (χ0n) is 11.3. The molecule has 0 saturated carbocycles. The maximum absolute atomic E-state index is 5.55. The normalized spacial score (nSPS) is 22.2. The molecule has 0 aromatic heterocycles. The van der Waals surface area contributed by atoms with E-state index in [1.165, 1.54) is 43.5 Å². The van der Waals surface area contributed by atoms with E-state index in [9.17, 15) is 0 Å². The topological polar surface area (TPSA) is 29.3 Å². The number of nitrogens with two attached hydrogens (primary N) is 1. The second kappa shape index (κ2) is 6.72. The summed E-state index contributed by atoms with van der Waals surface area (Å²) < 4.78 is 0. The van der Waals surface area contributed by atoms with E-state index in [4.69, 9.17) is 5.73 Å². The van der Waals surface area contributed by atoms with Gasteiger partial charge in [0.05, 0.1) is 0 Å². The van der Waals surface area contributed by atoms with Gasteiger partial charge in [0, 0.05) is 6.54 Å². The first-order chi connectivity index (χ1) is 8.81. The summed E-state index contributed by atoms with van der Waals surface area (Å²) in [6.45, 7) is 3.05. The Hall–Kier alpha value is -1.12. The van der Waals surface area contributed by atoms with Gasteiger partial charge in [-0.15, -0.1) is 0 Å². The third-order valence-corrected chi connectivity index (χ3v) is 3.82. The van der Waals surface area contributed by atoms with Gasteiger partial charge in [-0.3, -0.25) is 0 Å². The largest absolute Gasteiger partial charge is 0.327 e. The molecule has 1 fully saturated rings. The van der Waals surface area contributed by atoms with Crippen LogP contribution in [-0.4, -0.2) is 31.6 Å². The van der Waals surface area contributed by atoms with E-state index >= 15 is 0 Å². The Labute approximate surface area is 110 Å². The minimum absolute atomic E-state index is 0.613. The van der Waals surface area contributed by atoms with Crippen molar-refractivity contribution >= 4 is 6.08 Å². The Morgan fingerprint density at radius 2 is 2.11 bits per heavy atom. The quantitative estimate of drug-likeness (QED) is 0.886. The van der Waals surface area contributed by atoms with E-state index < -0.39 is 0 Å². The Morgan fingerprint density at radius 3 is 2.94 bits per heavy atom. The fourth-order valence-electron chi connectivity index (χ4n) is 2.78. The molecule has 1 aliphatic rings. The summed E-state index contributed by atoms with van der Waals surface area (Å²) in [5.41, 5.74) is 8.40. The smallest absolute Gasteiger partial charge is 0.0110 e. The van der Waals surface area contributed by atoms with Crippen molar-refractivity contribution in [3.05, 3.63) is 41.5 Å². The maximum atomic E-state index is 5.55. The Morgan fingerprint density at radius 1 is 1.28 bits per heavy atom. The van der Waals surface area contributed by atoms with Gasteiger partial charge < -0.3 is 10.6 Å². The highest BCUT2D eigenvalue weighted by Gasteiger charge is 2.17. The summed E-state index contributed by atoms with van der Waals surface area (Å²) >= 11 is 0. The van der Waals surface area contributed by atoms with Crippen LogP contribution in [0.4, 0.5) is 0 Å². The number of nitrogens with zero attached hydrogens (tertiary/aromatic N) is 1. The van der Waals surface area contributed by atoms with E-state index in [2.05, 4.69) is 42.3 Å². The van der Waals surface area contributed by atoms with E-state index in [1.54, 1.807) is 0 Å². The van der Waals surface area contributed by atoms with Crippen LogP contribution in [0.15, 0.2) is 30.3 Å². The van der Waals surface area contributed by atoms with Crippen molar-refractivity contribution < 1.29 is 0 Å². The molecule has 2 N–H and O–H groups in total. The Bertz CT molecular complexity index is 398. The highest BCUT2D eigenvalue weighted by atomic mass is 15.1. The molecule has 2 nitrogen and oxygen atoms in total. The van der Waals surface area contributed by atoms with Gasteiger partial charge in [0.1, 0.15) is 0 Å². The third kappa shape index (κ3) is 3.44. The van der Waals surface area contributed by atoms with Gasteiger partial charge in [-0.2, -0.15) is 0 Å². The van der Waals surface area contributed by atoms with Crippen molar-refractivity contribution in [1.29, 1.82) is 0 Å². The van der Waals surface area contributed by atoms with Crippen molar-refractivity contribution in [3.8, 4) is 0 Å². The van der Waals surface area contributed by atoms with Crippen molar-refractivity contribution in [2.24, 2.45) is 5.73 Å². The maximum Gasteiger partial charge on any atom is 0.0110 e. The second-order valence-corrected chi connectivity index (χ2v) is 5.20. The van der Waals surface area contributed by atoms with E-state index in [0.717, 1.165) is 0 Å². The van der Waals surface area contributed by atoms with Gasteiger partial charge in [-0.1, -0.05) is 36.4 Å². The molecule has 2 rings (SSSR count). The van der Waals surface area contributed by atoms with Crippen LogP contribution >= 0.6 is 0 Å². The predicted octanol–water partition coefficient (Wildman–Crippen LogP) is 2.86. The summed E-state index contributed by atoms with van der Waals surface area (Å²) in [6, 6.07) is 8.76. The molecule has 0 bridgehead atoms. The lowest BCUT2D eigenvalue weighted by molar-refractivity contribution is 0.347. The predicted molar refractivity (Wildman–Crippen MR) is 78.6 cm³/mol. The Balaban J connectivity index is 2.18. The molecule has 1 unspecified atom stereocenters. The minimum atomic E-state index is 0.613. The van der Waals surface area contributed by atoms with Crippen molar-refractivity contribution in [2.45, 2.75) is 25.2 Å². The molecule has 1 atom stereocenters. The van der Waals surface area contributed by atoms with Crippen LogP contribution in [-0.2, 0) is 0 Å². The van der Waals surface area contributed by atoms with Gasteiger partial charge in [0.2, 0.25) is 0 Å². The summed E-state index contributed by atoms with van der Waals surface area (Å²) in [4.78, 5) is 2.44. The summed E-state index contributed by atoms with van der Waals surface area (Å²) in [7, 11) is 2.22. The number of rotatable bonds is 3. The van der Waals surface area contributed by atoms with Crippen molar-refractivity contribution in [1.82, 2.24) is 4.90 Å². The number of likely N-dealkylation sites (tertiary alicyclic amines) is 1. The van der Waals surface area contributed by atoms with Crippen LogP contribution in [0.1, 0.15) is 36.3 Å². The van der Waals surface area contributed by atoms with Gasteiger partial charge in [0.15, 0.2) is 0 Å². The van der Waals surface area contributed by atoms with E-state index in [1.807, 2.05) is 6.08 Å². The zero-order chi connectivity index (χ0) is 12.8. The first kappa shape index (κ1) is 13.3. The zero-order valence-corrected chi connectivity index (χ0v) is 11.3. The molecule has 0 amide bonds. The van der Waals surface area contributed by atoms with Crippen LogP contribution < -0.4 is 5.73 Å². The molecular weight excluding hydrogens is 220 g/mol. The average molecular weight is 244 g/mol. The third-order valence-electron chi connectivity index (χ3n) is 3.82. The molecule has 0 aliphatic carbocycles. The fourth-order valence-corrected chi connectivity index (χ4v) is 2.78. The van der Waals surface area contributed by atoms with Crippen LogP contribution in [0, 0.1) is 0 Å². The Kier molecular flexibility index (Phi) is 4.97. The van der Waals surface area contributed by atoms with Gasteiger partial charge in [-0.05, 0) is 56.4 Å². The highest BCUT2D eigenvalue weighted by Crippen LogP contribution is 2.30. The SMILES string of the molecule is CN1CCCC(c2ccccc2/C=C/CN)CC1. The standard InChI is InChI=1S/C16H24N2/c1-18-12-5-8-15(10-13-18)16-9-3-2-6-14(16)7-4-11-17/h2-4,6-7,9,15H,5,8,10-13,17H2,1H3/b7-4+. The summed E-state index contributed by atoms with van der Waals surface area (Å²) in [5, 5.41) is 0. The molecule has 0 radical (unpaired) electrons. The average Bonchev–Trinajstić information content (AvgIpc) is 2.61. The van der Waals surface area contributed by atoms with Gasteiger partial charge in [0.25, 0.3) is 0 Å². The molecule has 1 aliphatic heterocycles. The van der Waals surface area contributed by atoms with E-state index in [-0.39, 0.29) is 0 Å². The molecule has 98 valence electrons. The lowest BCUT2D eigenvalue weighted by Crippen LogP contribution is -2.18. The number of hydrogen-bond donors (Lipinski definition) is 1. The monoisotopic (exact) mass is 244 g/mol. The first-order valence-corrected chi connectivity index (χ1v) is 6.95. The lowest BCUT2D eigenvalue weighted by atomic mass is 9.88. The number of hydrogen-bond acceptors (Lipinski definition) is 2. The van der Waals surface area contributed by atoms with Crippen LogP contribution in [0.5, 0.6) is 0 Å². The molecule has 0 spiro atoms. The molecular formula is C16H24N2. The van der Waals surface area contributed by atoms with Crippen LogP contribution in [0.3, 0.4) is 0 Å². The minimum Gasteiger partial charge on any atom is -0.327 e. The van der Waals surface area contributed by atoms with E-state index in [0.29, 0.717) is 12.5 Å². The first-order valence-electron chi connectivity index (χ1n) is 6.95. The molecule has 1 aromatic carbocycles. The van der Waals surface area contributed by atoms with Gasteiger partial charge in [-0.25, -0.2) is 0 Å². The number of benzene rings is 1. The molecule has 2 heteroatoms. The summed E-state index contributed by atoms with van der Waals surface area (Å²) in [6.07, 6.45) is 8.09. The summed E-state index contributed by atoms with van der Waals surface area (Å²) in [5.74, 6) is 0.702. The molecule has 1 saturated heterocycles. The second-order valence-electron chi connectivity index (χ2n) is 5.20. The molecule has 1 aromatic rings. The van der Waals surface area contributed by atoms with Crippen LogP contribution in [0.2, 0.25) is 0 Å². The molecule has 18 heavy (non-hydrogen) atoms. The van der Waals surface area contributed by atoms with Crippen LogP contribution in [0.25, 0.3) is 6.08 Å². The van der Waals surface area contributed by atoms with Crippen molar-refractivity contribution in [3.63, 3.8) is 0 Å². The fraction of sp³-hybridized carbons (Fsp3) is 0.500. The molecule has 1 heterocycles.